The first-order valence-corrected chi connectivity index (χ1v) is 10.4. The Balaban J connectivity index is 1.73. The molecule has 1 heterocycles. The highest BCUT2D eigenvalue weighted by Gasteiger charge is 2.54. The van der Waals surface area contributed by atoms with Crippen molar-refractivity contribution in [1.82, 2.24) is 0 Å². The predicted molar refractivity (Wildman–Crippen MR) is 92.7 cm³/mol. The van der Waals surface area contributed by atoms with E-state index in [0.29, 0.717) is 18.8 Å². The summed E-state index contributed by atoms with van der Waals surface area (Å²) in [7, 11) is -5.83. The number of ether oxygens (including phenoxy) is 3. The lowest BCUT2D eigenvalue weighted by atomic mass is 9.72. The summed E-state index contributed by atoms with van der Waals surface area (Å²) in [6.07, 6.45) is 0.438. The van der Waals surface area contributed by atoms with E-state index in [1.807, 2.05) is 0 Å². The van der Waals surface area contributed by atoms with Crippen LogP contribution >= 0.6 is 0 Å². The van der Waals surface area contributed by atoms with Crippen molar-refractivity contribution in [2.45, 2.75) is 43.6 Å². The molecule has 1 saturated carbocycles. The Morgan fingerprint density at radius 3 is 2.17 bits per heavy atom. The second kappa shape index (κ2) is 8.21. The van der Waals surface area contributed by atoms with Gasteiger partial charge in [-0.3, -0.25) is 8.98 Å². The van der Waals surface area contributed by atoms with Crippen molar-refractivity contribution in [2.24, 2.45) is 5.41 Å². The molecule has 11 heteroatoms. The Kier molecular flexibility index (Phi) is 6.23. The van der Waals surface area contributed by atoms with E-state index in [-0.39, 0.29) is 32.3 Å². The number of hydrogen-bond acceptors (Lipinski definition) is 7. The van der Waals surface area contributed by atoms with E-state index in [1.54, 1.807) is 30.3 Å². The van der Waals surface area contributed by atoms with E-state index in [1.165, 1.54) is 0 Å². The molecule has 0 aromatic heterocycles. The number of carbonyl (C=O) groups is 1. The van der Waals surface area contributed by atoms with Gasteiger partial charge in [0.15, 0.2) is 5.79 Å². The van der Waals surface area contributed by atoms with Gasteiger partial charge in [-0.15, -0.1) is 0 Å². The minimum Gasteiger partial charge on any atom is -0.460 e. The Hall–Kier alpha value is -1.69. The standard InChI is InChI=1S/C18H21F3O7S/c19-18(20,21)29(23,24)28-13-16(6-8-17(9-7-16)26-10-11-27-17)15(22)25-12-14-4-2-1-3-5-14/h1-5H,6-13H2. The lowest BCUT2D eigenvalue weighted by molar-refractivity contribution is -0.202. The Morgan fingerprint density at radius 2 is 1.62 bits per heavy atom. The third kappa shape index (κ3) is 4.90. The van der Waals surface area contributed by atoms with E-state index in [2.05, 4.69) is 4.18 Å². The molecule has 0 unspecified atom stereocenters. The predicted octanol–water partition coefficient (Wildman–Crippen LogP) is 2.90. The summed E-state index contributed by atoms with van der Waals surface area (Å²) in [5, 5.41) is 0. The van der Waals surface area contributed by atoms with Crippen molar-refractivity contribution < 1.29 is 44.8 Å². The number of halogens is 3. The average molecular weight is 438 g/mol. The van der Waals surface area contributed by atoms with Crippen LogP contribution in [0, 0.1) is 5.41 Å². The number of benzene rings is 1. The van der Waals surface area contributed by atoms with Crippen LogP contribution in [0.25, 0.3) is 0 Å². The van der Waals surface area contributed by atoms with Crippen LogP contribution in [0.5, 0.6) is 0 Å². The number of hydrogen-bond donors (Lipinski definition) is 0. The van der Waals surface area contributed by atoms with Crippen molar-refractivity contribution >= 4 is 16.1 Å². The quantitative estimate of drug-likeness (QED) is 0.383. The average Bonchev–Trinajstić information content (AvgIpc) is 3.14. The van der Waals surface area contributed by atoms with Crippen LogP contribution in [-0.4, -0.2) is 45.5 Å². The molecule has 29 heavy (non-hydrogen) atoms. The zero-order valence-corrected chi connectivity index (χ0v) is 16.3. The Morgan fingerprint density at radius 1 is 1.03 bits per heavy atom. The maximum absolute atomic E-state index is 12.8. The van der Waals surface area contributed by atoms with Crippen LogP contribution < -0.4 is 0 Å². The fraction of sp³-hybridized carbons (Fsp3) is 0.611. The minimum atomic E-state index is -5.83. The first-order valence-electron chi connectivity index (χ1n) is 9.02. The number of carbonyl (C=O) groups excluding carboxylic acids is 1. The summed E-state index contributed by atoms with van der Waals surface area (Å²) in [5.74, 6) is -1.71. The summed E-state index contributed by atoms with van der Waals surface area (Å²) in [6.45, 7) is -0.293. The van der Waals surface area contributed by atoms with Crippen molar-refractivity contribution in [2.75, 3.05) is 19.8 Å². The third-order valence-electron chi connectivity index (χ3n) is 5.20. The van der Waals surface area contributed by atoms with Gasteiger partial charge in [0.05, 0.1) is 25.2 Å². The second-order valence-corrected chi connectivity index (χ2v) is 8.72. The van der Waals surface area contributed by atoms with Crippen LogP contribution in [0.2, 0.25) is 0 Å². The van der Waals surface area contributed by atoms with Crippen LogP contribution in [0.3, 0.4) is 0 Å². The highest BCUT2D eigenvalue weighted by atomic mass is 32.2. The first-order chi connectivity index (χ1) is 13.6. The van der Waals surface area contributed by atoms with Crippen molar-refractivity contribution in [3.8, 4) is 0 Å². The molecule has 1 aromatic carbocycles. The van der Waals surface area contributed by atoms with E-state index in [9.17, 15) is 26.4 Å². The van der Waals surface area contributed by atoms with E-state index < -0.39 is 39.4 Å². The SMILES string of the molecule is O=C(OCc1ccccc1)C1(COS(=O)(=O)C(F)(F)F)CCC2(CC1)OCCO2. The van der Waals surface area contributed by atoms with Gasteiger partial charge in [-0.1, -0.05) is 30.3 Å². The largest absolute Gasteiger partial charge is 0.523 e. The van der Waals surface area contributed by atoms with Crippen molar-refractivity contribution in [1.29, 1.82) is 0 Å². The van der Waals surface area contributed by atoms with Gasteiger partial charge in [0.25, 0.3) is 0 Å². The lowest BCUT2D eigenvalue weighted by Gasteiger charge is -2.41. The molecule has 0 amide bonds. The van der Waals surface area contributed by atoms with Gasteiger partial charge in [0.1, 0.15) is 6.61 Å². The summed E-state index contributed by atoms with van der Waals surface area (Å²) < 4.78 is 81.3. The molecule has 0 bridgehead atoms. The summed E-state index contributed by atoms with van der Waals surface area (Å²) in [5.41, 5.74) is -6.43. The van der Waals surface area contributed by atoms with Crippen LogP contribution in [0.4, 0.5) is 13.2 Å². The van der Waals surface area contributed by atoms with Gasteiger partial charge >= 0.3 is 21.6 Å². The van der Waals surface area contributed by atoms with Crippen LogP contribution in [-0.2, 0) is 39.9 Å². The molecule has 2 fully saturated rings. The molecule has 0 N–H and O–H groups in total. The monoisotopic (exact) mass is 438 g/mol. The fourth-order valence-corrected chi connectivity index (χ4v) is 3.95. The van der Waals surface area contributed by atoms with Crippen molar-refractivity contribution in [3.05, 3.63) is 35.9 Å². The summed E-state index contributed by atoms with van der Waals surface area (Å²) in [4.78, 5) is 12.8. The molecule has 3 rings (SSSR count). The van der Waals surface area contributed by atoms with Gasteiger partial charge in [0, 0.05) is 12.8 Å². The molecule has 2 aliphatic rings. The van der Waals surface area contributed by atoms with E-state index in [0.717, 1.165) is 0 Å². The zero-order valence-electron chi connectivity index (χ0n) is 15.4. The molecule has 1 aromatic rings. The number of alkyl halides is 3. The Bertz CT molecular complexity index is 808. The van der Waals surface area contributed by atoms with Gasteiger partial charge < -0.3 is 14.2 Å². The number of esters is 1. The molecule has 1 aliphatic heterocycles. The van der Waals surface area contributed by atoms with Crippen molar-refractivity contribution in [3.63, 3.8) is 0 Å². The molecule has 7 nitrogen and oxygen atoms in total. The maximum Gasteiger partial charge on any atom is 0.523 e. The van der Waals surface area contributed by atoms with Gasteiger partial charge in [-0.25, -0.2) is 0 Å². The first kappa shape index (κ1) is 22.0. The molecule has 0 radical (unpaired) electrons. The normalized spacial score (nSPS) is 21.2. The smallest absolute Gasteiger partial charge is 0.460 e. The molecule has 1 saturated heterocycles. The third-order valence-corrected chi connectivity index (χ3v) is 6.20. The fourth-order valence-electron chi connectivity index (χ4n) is 3.44. The van der Waals surface area contributed by atoms with E-state index in [4.69, 9.17) is 14.2 Å². The summed E-state index contributed by atoms with van der Waals surface area (Å²) >= 11 is 0. The molecule has 162 valence electrons. The minimum absolute atomic E-state index is 0.00794. The van der Waals surface area contributed by atoms with Gasteiger partial charge in [-0.2, -0.15) is 21.6 Å². The summed E-state index contributed by atoms with van der Waals surface area (Å²) in [6, 6.07) is 8.72. The highest BCUT2D eigenvalue weighted by molar-refractivity contribution is 7.87. The molecular formula is C18H21F3O7S. The van der Waals surface area contributed by atoms with Crippen LogP contribution in [0.1, 0.15) is 31.2 Å². The second-order valence-electron chi connectivity index (χ2n) is 7.11. The molecule has 0 atom stereocenters. The maximum atomic E-state index is 12.8. The molecular weight excluding hydrogens is 417 g/mol. The van der Waals surface area contributed by atoms with Gasteiger partial charge in [-0.05, 0) is 18.4 Å². The Labute approximate surface area is 166 Å². The van der Waals surface area contributed by atoms with E-state index >= 15 is 0 Å². The number of rotatable bonds is 6. The molecule has 1 aliphatic carbocycles. The lowest BCUT2D eigenvalue weighted by Crippen LogP contribution is -2.47. The van der Waals surface area contributed by atoms with Gasteiger partial charge in [0.2, 0.25) is 0 Å². The topological polar surface area (TPSA) is 88.1 Å². The van der Waals surface area contributed by atoms with Crippen LogP contribution in [0.15, 0.2) is 30.3 Å². The zero-order chi connectivity index (χ0) is 21.2. The molecule has 1 spiro atoms. The highest BCUT2D eigenvalue weighted by Crippen LogP contribution is 2.46.